The molecule has 0 fully saturated rings. The lowest BCUT2D eigenvalue weighted by atomic mass is 10.2. The summed E-state index contributed by atoms with van der Waals surface area (Å²) in [6.07, 6.45) is 0. The number of aryl methyl sites for hydroxylation is 3. The van der Waals surface area contributed by atoms with Crippen molar-refractivity contribution in [2.45, 2.75) is 27.4 Å². The summed E-state index contributed by atoms with van der Waals surface area (Å²) < 4.78 is 5.44. The number of fused-ring (bicyclic) bond motifs is 1. The van der Waals surface area contributed by atoms with Crippen molar-refractivity contribution in [2.24, 2.45) is 0 Å². The largest absolute Gasteiger partial charge is 0.456 e. The number of ether oxygens (including phenoxy) is 1. The van der Waals surface area contributed by atoms with Gasteiger partial charge >= 0.3 is 5.97 Å². The zero-order valence-electron chi connectivity index (χ0n) is 15.9. The first kappa shape index (κ1) is 18.3. The number of carbonyl (C=O) groups is 1. The Morgan fingerprint density at radius 2 is 1.64 bits per heavy atom. The van der Waals surface area contributed by atoms with Crippen LogP contribution in [0.1, 0.15) is 33.0 Å². The fourth-order valence-electron chi connectivity index (χ4n) is 2.78. The van der Waals surface area contributed by atoms with Gasteiger partial charge in [-0.2, -0.15) is 0 Å². The van der Waals surface area contributed by atoms with Gasteiger partial charge in [-0.25, -0.2) is 19.7 Å². The van der Waals surface area contributed by atoms with Gasteiger partial charge in [0.15, 0.2) is 0 Å². The highest BCUT2D eigenvalue weighted by molar-refractivity contribution is 7.13. The van der Waals surface area contributed by atoms with E-state index in [1.54, 1.807) is 29.5 Å². The third-order valence-corrected chi connectivity index (χ3v) is 5.45. The van der Waals surface area contributed by atoms with Crippen LogP contribution in [0.25, 0.3) is 21.6 Å². The predicted octanol–water partition coefficient (Wildman–Crippen LogP) is 5.04. The Labute approximate surface area is 167 Å². The number of esters is 1. The lowest BCUT2D eigenvalue weighted by Crippen LogP contribution is -2.06. The molecule has 2 aromatic heterocycles. The number of aromatic nitrogens is 3. The molecule has 0 N–H and O–H groups in total. The molecule has 4 aromatic rings. The first-order valence-corrected chi connectivity index (χ1v) is 9.81. The van der Waals surface area contributed by atoms with Crippen LogP contribution in [0.15, 0.2) is 47.8 Å². The second-order valence-corrected chi connectivity index (χ2v) is 7.54. The van der Waals surface area contributed by atoms with Gasteiger partial charge in [-0.05, 0) is 39.0 Å². The van der Waals surface area contributed by atoms with Gasteiger partial charge in [-0.15, -0.1) is 11.3 Å². The third kappa shape index (κ3) is 3.77. The van der Waals surface area contributed by atoms with Crippen LogP contribution in [0.3, 0.4) is 0 Å². The lowest BCUT2D eigenvalue weighted by Gasteiger charge is -2.06. The number of hydrogen-bond donors (Lipinski definition) is 0. The highest BCUT2D eigenvalue weighted by atomic mass is 32.1. The van der Waals surface area contributed by atoms with E-state index in [0.29, 0.717) is 11.1 Å². The molecule has 28 heavy (non-hydrogen) atoms. The molecule has 0 aliphatic heterocycles. The van der Waals surface area contributed by atoms with Gasteiger partial charge in [0.25, 0.3) is 0 Å². The lowest BCUT2D eigenvalue weighted by molar-refractivity contribution is 0.0468. The Bertz CT molecular complexity index is 1170. The second kappa shape index (κ2) is 7.48. The van der Waals surface area contributed by atoms with E-state index >= 15 is 0 Å². The first-order valence-electron chi connectivity index (χ1n) is 8.93. The fraction of sp³-hybridized carbons (Fsp3) is 0.182. The summed E-state index contributed by atoms with van der Waals surface area (Å²) in [4.78, 5) is 26.0. The molecule has 0 saturated heterocycles. The monoisotopic (exact) mass is 389 g/mol. The first-order chi connectivity index (χ1) is 13.5. The van der Waals surface area contributed by atoms with Gasteiger partial charge in [-0.3, -0.25) is 0 Å². The number of benzene rings is 2. The Hall–Kier alpha value is -3.12. The van der Waals surface area contributed by atoms with E-state index in [1.807, 2.05) is 31.4 Å². The SMILES string of the molecule is Cc1ccc(-c2nc(COC(=O)c3ccc4nc(C)c(C)nc4c3)cs2)cc1. The van der Waals surface area contributed by atoms with Crippen LogP contribution < -0.4 is 0 Å². The van der Waals surface area contributed by atoms with Gasteiger partial charge in [0.1, 0.15) is 11.6 Å². The summed E-state index contributed by atoms with van der Waals surface area (Å²) in [5, 5.41) is 2.83. The molecule has 6 heteroatoms. The summed E-state index contributed by atoms with van der Waals surface area (Å²) in [5.41, 5.74) is 6.65. The van der Waals surface area contributed by atoms with E-state index in [1.165, 1.54) is 5.56 Å². The molecular weight excluding hydrogens is 370 g/mol. The van der Waals surface area contributed by atoms with Crippen LogP contribution in [0.2, 0.25) is 0 Å². The topological polar surface area (TPSA) is 65.0 Å². The standard InChI is InChI=1S/C22H19N3O2S/c1-13-4-6-16(7-5-13)21-25-18(12-28-21)11-27-22(26)17-8-9-19-20(10-17)24-15(3)14(2)23-19/h4-10,12H,11H2,1-3H3. The normalized spacial score (nSPS) is 11.0. The quantitative estimate of drug-likeness (QED) is 0.458. The Morgan fingerprint density at radius 3 is 2.39 bits per heavy atom. The molecule has 0 radical (unpaired) electrons. The average molecular weight is 389 g/mol. The van der Waals surface area contributed by atoms with Gasteiger partial charge < -0.3 is 4.74 Å². The summed E-state index contributed by atoms with van der Waals surface area (Å²) in [6.45, 7) is 6.01. The van der Waals surface area contributed by atoms with Crippen molar-refractivity contribution in [3.05, 3.63) is 76.1 Å². The molecule has 0 amide bonds. The van der Waals surface area contributed by atoms with Crippen molar-refractivity contribution in [3.8, 4) is 10.6 Å². The molecule has 5 nitrogen and oxygen atoms in total. The minimum absolute atomic E-state index is 0.137. The number of carbonyl (C=O) groups excluding carboxylic acids is 1. The maximum atomic E-state index is 12.4. The maximum absolute atomic E-state index is 12.4. The summed E-state index contributed by atoms with van der Waals surface area (Å²) >= 11 is 1.54. The molecule has 140 valence electrons. The van der Waals surface area contributed by atoms with Gasteiger partial charge in [0.05, 0.1) is 33.7 Å². The number of hydrogen-bond acceptors (Lipinski definition) is 6. The Morgan fingerprint density at radius 1 is 0.929 bits per heavy atom. The molecule has 2 aromatic carbocycles. The molecule has 0 saturated carbocycles. The Kier molecular flexibility index (Phi) is 4.88. The van der Waals surface area contributed by atoms with Crippen molar-refractivity contribution >= 4 is 28.3 Å². The van der Waals surface area contributed by atoms with E-state index in [4.69, 9.17) is 4.74 Å². The van der Waals surface area contributed by atoms with Crippen LogP contribution >= 0.6 is 11.3 Å². The smallest absolute Gasteiger partial charge is 0.338 e. The second-order valence-electron chi connectivity index (χ2n) is 6.68. The minimum Gasteiger partial charge on any atom is -0.456 e. The average Bonchev–Trinajstić information content (AvgIpc) is 3.16. The van der Waals surface area contributed by atoms with Crippen LogP contribution in [0.5, 0.6) is 0 Å². The maximum Gasteiger partial charge on any atom is 0.338 e. The van der Waals surface area contributed by atoms with Gasteiger partial charge in [-0.1, -0.05) is 29.8 Å². The molecule has 4 rings (SSSR count). The number of rotatable bonds is 4. The zero-order chi connectivity index (χ0) is 19.7. The van der Waals surface area contributed by atoms with Crippen LogP contribution in [-0.2, 0) is 11.3 Å². The van der Waals surface area contributed by atoms with E-state index in [0.717, 1.165) is 33.2 Å². The third-order valence-electron chi connectivity index (χ3n) is 4.51. The molecule has 0 atom stereocenters. The van der Waals surface area contributed by atoms with Crippen LogP contribution in [-0.4, -0.2) is 20.9 Å². The van der Waals surface area contributed by atoms with Crippen molar-refractivity contribution in [2.75, 3.05) is 0 Å². The molecule has 2 heterocycles. The van der Waals surface area contributed by atoms with E-state index in [2.05, 4.69) is 34.0 Å². The number of thiazole rings is 1. The van der Waals surface area contributed by atoms with Gasteiger partial charge in [0, 0.05) is 10.9 Å². The highest BCUT2D eigenvalue weighted by Crippen LogP contribution is 2.24. The Balaban J connectivity index is 1.46. The number of nitrogens with zero attached hydrogens (tertiary/aromatic N) is 3. The van der Waals surface area contributed by atoms with Crippen molar-refractivity contribution in [1.29, 1.82) is 0 Å². The summed E-state index contributed by atoms with van der Waals surface area (Å²) in [5.74, 6) is -0.396. The van der Waals surface area contributed by atoms with Gasteiger partial charge in [0.2, 0.25) is 0 Å². The minimum atomic E-state index is -0.396. The van der Waals surface area contributed by atoms with E-state index < -0.39 is 5.97 Å². The molecule has 0 aliphatic carbocycles. The van der Waals surface area contributed by atoms with E-state index in [9.17, 15) is 4.79 Å². The fourth-order valence-corrected chi connectivity index (χ4v) is 3.59. The van der Waals surface area contributed by atoms with Crippen molar-refractivity contribution < 1.29 is 9.53 Å². The molecule has 0 unspecified atom stereocenters. The van der Waals surface area contributed by atoms with E-state index in [-0.39, 0.29) is 6.61 Å². The summed E-state index contributed by atoms with van der Waals surface area (Å²) in [7, 11) is 0. The van der Waals surface area contributed by atoms with Crippen molar-refractivity contribution in [3.63, 3.8) is 0 Å². The zero-order valence-corrected chi connectivity index (χ0v) is 16.7. The highest BCUT2D eigenvalue weighted by Gasteiger charge is 2.12. The van der Waals surface area contributed by atoms with Crippen LogP contribution in [0.4, 0.5) is 0 Å². The predicted molar refractivity (Wildman–Crippen MR) is 110 cm³/mol. The van der Waals surface area contributed by atoms with Crippen molar-refractivity contribution in [1.82, 2.24) is 15.0 Å². The van der Waals surface area contributed by atoms with Crippen LogP contribution in [0, 0.1) is 20.8 Å². The molecule has 0 bridgehead atoms. The summed E-state index contributed by atoms with van der Waals surface area (Å²) in [6, 6.07) is 13.4. The molecule has 0 spiro atoms. The molecule has 0 aliphatic rings. The molecular formula is C22H19N3O2S.